The average molecular weight is 502 g/mol. The molecule has 2 saturated carbocycles. The van der Waals surface area contributed by atoms with Crippen molar-refractivity contribution in [2.45, 2.75) is 89.8 Å². The van der Waals surface area contributed by atoms with E-state index in [4.69, 9.17) is 5.11 Å². The maximum absolute atomic E-state index is 13.2. The van der Waals surface area contributed by atoms with Crippen molar-refractivity contribution in [3.63, 3.8) is 0 Å². The number of rotatable bonds is 7. The van der Waals surface area contributed by atoms with E-state index in [1.807, 2.05) is 0 Å². The molecule has 2 fully saturated rings. The van der Waals surface area contributed by atoms with Crippen molar-refractivity contribution >= 4 is 22.9 Å². The number of carbonyl (C=O) groups is 2. The second kappa shape index (κ2) is 11.4. The molecule has 3 aromatic rings. The largest absolute Gasteiger partial charge is 0.465 e. The molecular formula is C31H39N3O3. The molecule has 5 rings (SSSR count). The van der Waals surface area contributed by atoms with Gasteiger partial charge in [-0.3, -0.25) is 4.79 Å². The highest BCUT2D eigenvalue weighted by Crippen LogP contribution is 2.32. The van der Waals surface area contributed by atoms with Crippen molar-refractivity contribution in [3.05, 3.63) is 59.8 Å². The number of carboxylic acid groups (broad SMARTS) is 1. The van der Waals surface area contributed by atoms with Crippen molar-refractivity contribution in [1.82, 2.24) is 15.2 Å². The second-order valence-electron chi connectivity index (χ2n) is 11.2. The molecule has 37 heavy (non-hydrogen) atoms. The summed E-state index contributed by atoms with van der Waals surface area (Å²) in [4.78, 5) is 24.1. The molecule has 0 saturated heterocycles. The van der Waals surface area contributed by atoms with Gasteiger partial charge in [-0.2, -0.15) is 0 Å². The number of nitrogens with one attached hydrogen (secondary N) is 2. The molecule has 6 heteroatoms. The molecule has 196 valence electrons. The van der Waals surface area contributed by atoms with Gasteiger partial charge < -0.3 is 20.3 Å². The van der Waals surface area contributed by atoms with Crippen LogP contribution >= 0.6 is 0 Å². The fourth-order valence-electron chi connectivity index (χ4n) is 6.32. The van der Waals surface area contributed by atoms with Crippen LogP contribution in [0.25, 0.3) is 22.0 Å². The topological polar surface area (TPSA) is 83.4 Å². The van der Waals surface area contributed by atoms with E-state index >= 15 is 0 Å². The zero-order chi connectivity index (χ0) is 25.8. The van der Waals surface area contributed by atoms with Crippen LogP contribution in [0, 0.1) is 12.8 Å². The number of nitrogens with zero attached hydrogens (tertiary/aromatic N) is 1. The molecule has 0 unspecified atom stereocenters. The van der Waals surface area contributed by atoms with Gasteiger partial charge in [0.05, 0.1) is 6.42 Å². The first-order chi connectivity index (χ1) is 17.9. The van der Waals surface area contributed by atoms with E-state index in [1.54, 1.807) is 0 Å². The molecular weight excluding hydrogens is 462 g/mol. The molecule has 0 spiro atoms. The number of aromatic nitrogens is 1. The Morgan fingerprint density at radius 2 is 1.59 bits per heavy atom. The standard InChI is InChI=1S/C31H39N3O3/c1-21-6-5-9-23(16-21)24-10-15-29-28(17-24)25(20-34(29)19-22-7-3-2-4-8-22)18-30(35)32-26-11-13-27(14-12-26)33-31(36)37/h5-6,9-10,15-17,20,22,26-27,33H,2-4,7-8,11-14,18-19H2,1H3,(H,32,35)(H,36,37). The van der Waals surface area contributed by atoms with Crippen LogP contribution in [0.5, 0.6) is 0 Å². The minimum absolute atomic E-state index is 0.0107. The maximum atomic E-state index is 13.2. The molecule has 1 aromatic heterocycles. The Labute approximate surface area is 219 Å². The maximum Gasteiger partial charge on any atom is 0.404 e. The Morgan fingerprint density at radius 3 is 2.30 bits per heavy atom. The molecule has 2 aliphatic carbocycles. The van der Waals surface area contributed by atoms with Gasteiger partial charge in [0, 0.05) is 35.7 Å². The fourth-order valence-corrected chi connectivity index (χ4v) is 6.32. The number of amides is 2. The minimum atomic E-state index is -0.970. The number of carbonyl (C=O) groups excluding carboxylic acids is 1. The van der Waals surface area contributed by atoms with Gasteiger partial charge in [0.2, 0.25) is 5.91 Å². The lowest BCUT2D eigenvalue weighted by molar-refractivity contribution is -0.121. The number of aryl methyl sites for hydroxylation is 1. The summed E-state index contributed by atoms with van der Waals surface area (Å²) in [6, 6.07) is 15.4. The highest BCUT2D eigenvalue weighted by atomic mass is 16.4. The summed E-state index contributed by atoms with van der Waals surface area (Å²) in [6.07, 6.45) is 11.3. The number of hydrogen-bond acceptors (Lipinski definition) is 2. The molecule has 0 aliphatic heterocycles. The zero-order valence-corrected chi connectivity index (χ0v) is 21.8. The summed E-state index contributed by atoms with van der Waals surface area (Å²) in [7, 11) is 0. The third kappa shape index (κ3) is 6.35. The van der Waals surface area contributed by atoms with E-state index in [9.17, 15) is 9.59 Å². The Morgan fingerprint density at radius 1 is 0.892 bits per heavy atom. The Bertz CT molecular complexity index is 1250. The quantitative estimate of drug-likeness (QED) is 0.349. The molecule has 6 nitrogen and oxygen atoms in total. The van der Waals surface area contributed by atoms with Crippen molar-refractivity contribution < 1.29 is 14.7 Å². The van der Waals surface area contributed by atoms with Crippen molar-refractivity contribution in [3.8, 4) is 11.1 Å². The van der Waals surface area contributed by atoms with Crippen LogP contribution in [0.15, 0.2) is 48.7 Å². The minimum Gasteiger partial charge on any atom is -0.465 e. The highest BCUT2D eigenvalue weighted by Gasteiger charge is 2.24. The summed E-state index contributed by atoms with van der Waals surface area (Å²) in [5, 5.41) is 15.9. The number of fused-ring (bicyclic) bond motifs is 1. The second-order valence-corrected chi connectivity index (χ2v) is 11.2. The first-order valence-electron chi connectivity index (χ1n) is 13.9. The van der Waals surface area contributed by atoms with E-state index in [2.05, 4.69) is 70.8 Å². The molecule has 3 N–H and O–H groups in total. The van der Waals surface area contributed by atoms with Gasteiger partial charge in [-0.05, 0) is 80.2 Å². The van der Waals surface area contributed by atoms with Gasteiger partial charge in [-0.25, -0.2) is 4.79 Å². The lowest BCUT2D eigenvalue weighted by atomic mass is 9.89. The monoisotopic (exact) mass is 501 g/mol. The smallest absolute Gasteiger partial charge is 0.404 e. The predicted octanol–water partition coefficient (Wildman–Crippen LogP) is 6.43. The molecule has 0 bridgehead atoms. The van der Waals surface area contributed by atoms with E-state index in [0.29, 0.717) is 12.3 Å². The number of benzene rings is 2. The van der Waals surface area contributed by atoms with E-state index in [0.717, 1.165) is 37.8 Å². The van der Waals surface area contributed by atoms with E-state index in [-0.39, 0.29) is 18.0 Å². The lowest BCUT2D eigenvalue weighted by Gasteiger charge is -2.28. The Hall–Kier alpha value is -3.28. The van der Waals surface area contributed by atoms with Crippen LogP contribution in [0.1, 0.15) is 68.9 Å². The first kappa shape index (κ1) is 25.4. The molecule has 0 atom stereocenters. The van der Waals surface area contributed by atoms with Crippen molar-refractivity contribution in [2.75, 3.05) is 0 Å². The molecule has 2 aromatic carbocycles. The zero-order valence-electron chi connectivity index (χ0n) is 21.8. The van der Waals surface area contributed by atoms with Crippen LogP contribution in [-0.2, 0) is 17.8 Å². The first-order valence-corrected chi connectivity index (χ1v) is 13.9. The fraction of sp³-hybridized carbons (Fsp3) is 0.484. The number of hydrogen-bond donors (Lipinski definition) is 3. The normalized spacial score (nSPS) is 20.6. The van der Waals surface area contributed by atoms with Crippen LogP contribution in [0.2, 0.25) is 0 Å². The van der Waals surface area contributed by atoms with Crippen LogP contribution < -0.4 is 10.6 Å². The summed E-state index contributed by atoms with van der Waals surface area (Å²) < 4.78 is 2.39. The van der Waals surface area contributed by atoms with Gasteiger partial charge in [0.15, 0.2) is 0 Å². The summed E-state index contributed by atoms with van der Waals surface area (Å²) >= 11 is 0. The van der Waals surface area contributed by atoms with Gasteiger partial charge in [0.1, 0.15) is 0 Å². The lowest BCUT2D eigenvalue weighted by Crippen LogP contribution is -2.43. The summed E-state index contributed by atoms with van der Waals surface area (Å²) in [5.41, 5.74) is 5.91. The van der Waals surface area contributed by atoms with Gasteiger partial charge in [0.25, 0.3) is 0 Å². The van der Waals surface area contributed by atoms with Gasteiger partial charge in [-0.1, -0.05) is 55.2 Å². The van der Waals surface area contributed by atoms with Crippen LogP contribution in [0.4, 0.5) is 4.79 Å². The van der Waals surface area contributed by atoms with Crippen LogP contribution in [-0.4, -0.2) is 33.8 Å². The SMILES string of the molecule is Cc1cccc(-c2ccc3c(c2)c(CC(=O)NC2CCC(NC(=O)O)CC2)cn3CC2CCCCC2)c1. The molecule has 2 aliphatic rings. The van der Waals surface area contributed by atoms with Gasteiger partial charge in [-0.15, -0.1) is 0 Å². The Kier molecular flexibility index (Phi) is 7.82. The van der Waals surface area contributed by atoms with Gasteiger partial charge >= 0.3 is 6.09 Å². The molecule has 2 amide bonds. The predicted molar refractivity (Wildman–Crippen MR) is 148 cm³/mol. The van der Waals surface area contributed by atoms with Crippen molar-refractivity contribution in [1.29, 1.82) is 0 Å². The Balaban J connectivity index is 1.35. The third-order valence-corrected chi connectivity index (χ3v) is 8.27. The average Bonchev–Trinajstić information content (AvgIpc) is 3.21. The summed E-state index contributed by atoms with van der Waals surface area (Å²) in [6.45, 7) is 3.13. The van der Waals surface area contributed by atoms with E-state index < -0.39 is 6.09 Å². The van der Waals surface area contributed by atoms with E-state index in [1.165, 1.54) is 59.7 Å². The van der Waals surface area contributed by atoms with Crippen LogP contribution in [0.3, 0.4) is 0 Å². The highest BCUT2D eigenvalue weighted by molar-refractivity contribution is 5.92. The van der Waals surface area contributed by atoms with Crippen molar-refractivity contribution in [2.24, 2.45) is 5.92 Å². The molecule has 1 heterocycles. The summed E-state index contributed by atoms with van der Waals surface area (Å²) in [5.74, 6) is 0.754. The third-order valence-electron chi connectivity index (χ3n) is 8.27. The molecule has 0 radical (unpaired) electrons.